The van der Waals surface area contributed by atoms with Gasteiger partial charge in [0.05, 0.1) is 12.3 Å². The van der Waals surface area contributed by atoms with E-state index in [-0.39, 0.29) is 13.2 Å². The number of hydrogen-bond acceptors (Lipinski definition) is 4. The fourth-order valence-electron chi connectivity index (χ4n) is 2.64. The molecule has 2 rings (SSSR count). The highest BCUT2D eigenvalue weighted by molar-refractivity contribution is 5.51. The summed E-state index contributed by atoms with van der Waals surface area (Å²) >= 11 is 0. The molecule has 1 aromatic heterocycles. The number of aryl methyl sites for hydroxylation is 2. The molecular formula is C13H23N3O2. The lowest BCUT2D eigenvalue weighted by molar-refractivity contribution is 0.276. The molecule has 0 aliphatic heterocycles. The highest BCUT2D eigenvalue weighted by Gasteiger charge is 2.29. The van der Waals surface area contributed by atoms with Gasteiger partial charge in [0.2, 0.25) is 0 Å². The Labute approximate surface area is 108 Å². The molecule has 1 saturated carbocycles. The predicted octanol–water partition coefficient (Wildman–Crippen LogP) is 0.962. The van der Waals surface area contributed by atoms with E-state index in [2.05, 4.69) is 10.00 Å². The lowest BCUT2D eigenvalue weighted by Crippen LogP contribution is -2.42. The quantitative estimate of drug-likeness (QED) is 0.793. The van der Waals surface area contributed by atoms with Gasteiger partial charge in [-0.1, -0.05) is 0 Å². The van der Waals surface area contributed by atoms with Gasteiger partial charge in [0, 0.05) is 31.8 Å². The summed E-state index contributed by atoms with van der Waals surface area (Å²) in [5, 5.41) is 23.0. The number of anilines is 1. The molecule has 2 N–H and O–H groups in total. The van der Waals surface area contributed by atoms with Crippen molar-refractivity contribution in [2.24, 2.45) is 7.05 Å². The van der Waals surface area contributed by atoms with Crippen LogP contribution >= 0.6 is 0 Å². The minimum Gasteiger partial charge on any atom is -0.396 e. The molecule has 1 aromatic rings. The molecule has 0 saturated heterocycles. The maximum Gasteiger partial charge on any atom is 0.132 e. The Bertz CT molecular complexity index is 399. The van der Waals surface area contributed by atoms with E-state index in [4.69, 9.17) is 5.11 Å². The minimum absolute atomic E-state index is 0.0252. The van der Waals surface area contributed by atoms with Gasteiger partial charge in [0.25, 0.3) is 0 Å². The van der Waals surface area contributed by atoms with Gasteiger partial charge < -0.3 is 15.1 Å². The van der Waals surface area contributed by atoms with Crippen LogP contribution in [0.3, 0.4) is 0 Å². The zero-order valence-electron chi connectivity index (χ0n) is 11.3. The largest absolute Gasteiger partial charge is 0.396 e. The van der Waals surface area contributed by atoms with Crippen LogP contribution < -0.4 is 4.90 Å². The molecule has 1 heterocycles. The van der Waals surface area contributed by atoms with Crippen molar-refractivity contribution in [3.8, 4) is 0 Å². The number of hydrogen-bond donors (Lipinski definition) is 2. The Hall–Kier alpha value is -1.07. The highest BCUT2D eigenvalue weighted by atomic mass is 16.3. The molecule has 0 atom stereocenters. The van der Waals surface area contributed by atoms with E-state index in [1.54, 1.807) is 0 Å². The molecule has 102 valence electrons. The van der Waals surface area contributed by atoms with Crippen molar-refractivity contribution in [1.29, 1.82) is 0 Å². The van der Waals surface area contributed by atoms with Crippen molar-refractivity contribution in [2.45, 2.75) is 45.3 Å². The number of rotatable bonds is 6. The lowest BCUT2D eigenvalue weighted by atomic mass is 9.91. The number of aromatic nitrogens is 2. The van der Waals surface area contributed by atoms with Crippen LogP contribution in [-0.2, 0) is 13.7 Å². The summed E-state index contributed by atoms with van der Waals surface area (Å²) in [6, 6.07) is 0.539. The molecule has 5 nitrogen and oxygen atoms in total. The zero-order valence-corrected chi connectivity index (χ0v) is 11.3. The summed E-state index contributed by atoms with van der Waals surface area (Å²) in [7, 11) is 1.92. The Kier molecular flexibility index (Phi) is 4.24. The summed E-state index contributed by atoms with van der Waals surface area (Å²) in [6.45, 7) is 2.99. The first-order chi connectivity index (χ1) is 8.69. The molecule has 0 unspecified atom stereocenters. The zero-order chi connectivity index (χ0) is 13.1. The average molecular weight is 253 g/mol. The highest BCUT2D eigenvalue weighted by Crippen LogP contribution is 2.32. The Balaban J connectivity index is 2.28. The molecule has 0 spiro atoms. The Morgan fingerprint density at radius 2 is 2.11 bits per heavy atom. The summed E-state index contributed by atoms with van der Waals surface area (Å²) in [6.07, 6.45) is 4.41. The average Bonchev–Trinajstić information content (AvgIpc) is 2.56. The molecular weight excluding hydrogens is 230 g/mol. The lowest BCUT2D eigenvalue weighted by Gasteiger charge is -2.39. The molecule has 1 aliphatic carbocycles. The number of aliphatic hydroxyl groups is 2. The normalized spacial score (nSPS) is 15.8. The van der Waals surface area contributed by atoms with E-state index in [0.717, 1.165) is 30.0 Å². The molecule has 0 radical (unpaired) electrons. The van der Waals surface area contributed by atoms with Crippen LogP contribution in [0.5, 0.6) is 0 Å². The first-order valence-electron chi connectivity index (χ1n) is 6.69. The van der Waals surface area contributed by atoms with Gasteiger partial charge in [0.1, 0.15) is 5.82 Å². The molecule has 1 aliphatic rings. The van der Waals surface area contributed by atoms with Gasteiger partial charge >= 0.3 is 0 Å². The van der Waals surface area contributed by atoms with Crippen molar-refractivity contribution >= 4 is 5.82 Å². The van der Waals surface area contributed by atoms with Gasteiger partial charge in [-0.25, -0.2) is 0 Å². The van der Waals surface area contributed by atoms with E-state index >= 15 is 0 Å². The van der Waals surface area contributed by atoms with Gasteiger partial charge in [-0.3, -0.25) is 4.68 Å². The van der Waals surface area contributed by atoms with E-state index in [1.165, 1.54) is 19.3 Å². The second-order valence-corrected chi connectivity index (χ2v) is 5.02. The van der Waals surface area contributed by atoms with Crippen LogP contribution in [0.2, 0.25) is 0 Å². The Morgan fingerprint density at radius 3 is 2.61 bits per heavy atom. The topological polar surface area (TPSA) is 61.5 Å². The van der Waals surface area contributed by atoms with Crippen LogP contribution in [0, 0.1) is 6.92 Å². The second-order valence-electron chi connectivity index (χ2n) is 5.02. The molecule has 0 bridgehead atoms. The van der Waals surface area contributed by atoms with Crippen molar-refractivity contribution in [3.05, 3.63) is 11.3 Å². The predicted molar refractivity (Wildman–Crippen MR) is 70.6 cm³/mol. The molecule has 5 heteroatoms. The van der Waals surface area contributed by atoms with E-state index in [1.807, 2.05) is 18.7 Å². The van der Waals surface area contributed by atoms with Crippen LogP contribution in [0.1, 0.15) is 36.9 Å². The molecule has 0 aromatic carbocycles. The Morgan fingerprint density at radius 1 is 1.39 bits per heavy atom. The van der Waals surface area contributed by atoms with Gasteiger partial charge in [0.15, 0.2) is 0 Å². The summed E-state index contributed by atoms with van der Waals surface area (Å²) in [5.74, 6) is 1.02. The SMILES string of the molecule is Cc1nn(C)c(N(CCCO)C2CCC2)c1CO. The second kappa shape index (κ2) is 5.71. The van der Waals surface area contributed by atoms with Crippen LogP contribution in [0.15, 0.2) is 0 Å². The van der Waals surface area contributed by atoms with Gasteiger partial charge in [-0.05, 0) is 32.6 Å². The first kappa shape index (κ1) is 13.4. The minimum atomic E-state index is 0.0252. The standard InChI is InChI=1S/C13H23N3O2/c1-10-12(9-18)13(15(2)14-10)16(7-4-8-17)11-5-3-6-11/h11,17-18H,3-9H2,1-2H3. The summed E-state index contributed by atoms with van der Waals surface area (Å²) < 4.78 is 1.86. The van der Waals surface area contributed by atoms with Gasteiger partial charge in [-0.2, -0.15) is 5.10 Å². The molecule has 0 amide bonds. The number of aliphatic hydroxyl groups excluding tert-OH is 2. The third kappa shape index (κ3) is 2.37. The fourth-order valence-corrected chi connectivity index (χ4v) is 2.64. The molecule has 18 heavy (non-hydrogen) atoms. The summed E-state index contributed by atoms with van der Waals surface area (Å²) in [4.78, 5) is 2.31. The van der Waals surface area contributed by atoms with Crippen LogP contribution in [0.25, 0.3) is 0 Å². The van der Waals surface area contributed by atoms with Crippen molar-refractivity contribution < 1.29 is 10.2 Å². The molecule has 1 fully saturated rings. The van der Waals surface area contributed by atoms with Crippen molar-refractivity contribution in [2.75, 3.05) is 18.1 Å². The van der Waals surface area contributed by atoms with Gasteiger partial charge in [-0.15, -0.1) is 0 Å². The van der Waals surface area contributed by atoms with Crippen LogP contribution in [-0.4, -0.2) is 39.2 Å². The van der Waals surface area contributed by atoms with E-state index in [0.29, 0.717) is 6.04 Å². The van der Waals surface area contributed by atoms with Crippen molar-refractivity contribution in [3.63, 3.8) is 0 Å². The van der Waals surface area contributed by atoms with Crippen LogP contribution in [0.4, 0.5) is 5.82 Å². The number of nitrogens with zero attached hydrogens (tertiary/aromatic N) is 3. The first-order valence-corrected chi connectivity index (χ1v) is 6.69. The van der Waals surface area contributed by atoms with Crippen molar-refractivity contribution in [1.82, 2.24) is 9.78 Å². The van der Waals surface area contributed by atoms with E-state index < -0.39 is 0 Å². The summed E-state index contributed by atoms with van der Waals surface area (Å²) in [5.41, 5.74) is 1.81. The maximum absolute atomic E-state index is 9.53. The smallest absolute Gasteiger partial charge is 0.132 e. The monoisotopic (exact) mass is 253 g/mol. The third-order valence-electron chi connectivity index (χ3n) is 3.82. The van der Waals surface area contributed by atoms with E-state index in [9.17, 15) is 5.11 Å². The third-order valence-corrected chi connectivity index (χ3v) is 3.82. The fraction of sp³-hybridized carbons (Fsp3) is 0.769. The maximum atomic E-state index is 9.53.